The molecule has 0 amide bonds. The highest BCUT2D eigenvalue weighted by Crippen LogP contribution is 2.10. The molecule has 0 radical (unpaired) electrons. The Kier molecular flexibility index (Phi) is 24.9. The average molecular weight is 259 g/mol. The van der Waals surface area contributed by atoms with Gasteiger partial charge in [-0.25, -0.2) is 0 Å². The van der Waals surface area contributed by atoms with Gasteiger partial charge in [-0.2, -0.15) is 0 Å². The maximum absolute atomic E-state index is 7.57. The van der Waals surface area contributed by atoms with Gasteiger partial charge in [0.15, 0.2) is 0 Å². The molecule has 0 atom stereocenters. The van der Waals surface area contributed by atoms with Crippen LogP contribution in [0.2, 0.25) is 0 Å². The van der Waals surface area contributed by atoms with Crippen LogP contribution in [0.1, 0.15) is 85.0 Å². The van der Waals surface area contributed by atoms with Crippen LogP contribution in [0.25, 0.3) is 0 Å². The lowest BCUT2D eigenvalue weighted by Gasteiger charge is -2.02. The molecular formula is C16H37NO. The quantitative estimate of drug-likeness (QED) is 0.505. The van der Waals surface area contributed by atoms with Gasteiger partial charge in [0.1, 0.15) is 0 Å². The molecule has 0 saturated carbocycles. The lowest BCUT2D eigenvalue weighted by molar-refractivity contribution is 0.318. The predicted molar refractivity (Wildman–Crippen MR) is 83.1 cm³/mol. The molecule has 0 fully saturated rings. The van der Waals surface area contributed by atoms with Gasteiger partial charge in [-0.1, -0.05) is 71.6 Å². The first-order chi connectivity index (χ1) is 8.83. The Bertz CT molecular complexity index is 106. The normalized spacial score (nSPS) is 10.0. The summed E-state index contributed by atoms with van der Waals surface area (Å²) in [5.74, 6) is 0. The largest absolute Gasteiger partial charge is 0.397 e. The minimum atomic E-state index is 0.250. The summed E-state index contributed by atoms with van der Waals surface area (Å²) in [4.78, 5) is 0. The van der Waals surface area contributed by atoms with E-state index >= 15 is 0 Å². The van der Waals surface area contributed by atoms with Gasteiger partial charge in [0.05, 0.1) is 0 Å². The molecule has 0 rings (SSSR count). The minimum Gasteiger partial charge on any atom is -0.397 e. The molecule has 0 heterocycles. The fourth-order valence-electron chi connectivity index (χ4n) is 1.91. The summed E-state index contributed by atoms with van der Waals surface area (Å²) in [6, 6.07) is 0. The molecular weight excluding hydrogens is 222 g/mol. The highest BCUT2D eigenvalue weighted by atomic mass is 16.2. The highest BCUT2D eigenvalue weighted by Gasteiger charge is 1.91. The van der Waals surface area contributed by atoms with Crippen LogP contribution >= 0.6 is 0 Å². The third-order valence-corrected chi connectivity index (χ3v) is 2.96. The summed E-state index contributed by atoms with van der Waals surface area (Å²) < 4.78 is 0. The van der Waals surface area contributed by atoms with E-state index in [1.54, 1.807) is 6.92 Å². The number of rotatable bonds is 12. The molecule has 0 spiro atoms. The first-order valence-electron chi connectivity index (χ1n) is 8.14. The van der Waals surface area contributed by atoms with E-state index in [1.165, 1.54) is 70.8 Å². The van der Waals surface area contributed by atoms with E-state index in [9.17, 15) is 0 Å². The van der Waals surface area contributed by atoms with Gasteiger partial charge in [0.2, 0.25) is 0 Å². The van der Waals surface area contributed by atoms with Crippen LogP contribution < -0.4 is 5.32 Å². The molecule has 2 nitrogen and oxygen atoms in total. The van der Waals surface area contributed by atoms with Crippen molar-refractivity contribution in [3.8, 4) is 0 Å². The number of nitrogens with one attached hydrogen (secondary N) is 1. The number of hydrogen-bond donors (Lipinski definition) is 2. The molecule has 0 saturated heterocycles. The molecule has 112 valence electrons. The third kappa shape index (κ3) is 24.9. The van der Waals surface area contributed by atoms with Crippen LogP contribution in [0.5, 0.6) is 0 Å². The first kappa shape index (κ1) is 20.2. The molecule has 0 unspecified atom stereocenters. The first-order valence-corrected chi connectivity index (χ1v) is 8.14. The van der Waals surface area contributed by atoms with Gasteiger partial charge in [0, 0.05) is 6.61 Å². The lowest BCUT2D eigenvalue weighted by atomic mass is 10.1. The topological polar surface area (TPSA) is 32.3 Å². The summed E-state index contributed by atoms with van der Waals surface area (Å²) in [6.07, 6.45) is 14.3. The van der Waals surface area contributed by atoms with Crippen molar-refractivity contribution in [2.24, 2.45) is 0 Å². The summed E-state index contributed by atoms with van der Waals surface area (Å²) in [6.45, 7) is 8.73. The second-order valence-corrected chi connectivity index (χ2v) is 4.85. The third-order valence-electron chi connectivity index (χ3n) is 2.96. The average Bonchev–Trinajstić information content (AvgIpc) is 2.37. The summed E-state index contributed by atoms with van der Waals surface area (Å²) in [5.41, 5.74) is 0. The van der Waals surface area contributed by atoms with Crippen molar-refractivity contribution in [3.05, 3.63) is 0 Å². The van der Waals surface area contributed by atoms with Gasteiger partial charge in [-0.05, 0) is 26.4 Å². The molecule has 0 aromatic carbocycles. The lowest BCUT2D eigenvalue weighted by Crippen LogP contribution is -2.13. The van der Waals surface area contributed by atoms with Gasteiger partial charge < -0.3 is 10.4 Å². The van der Waals surface area contributed by atoms with Crippen LogP contribution in [0.4, 0.5) is 0 Å². The second kappa shape index (κ2) is 22.1. The van der Waals surface area contributed by atoms with E-state index in [0.29, 0.717) is 0 Å². The van der Waals surface area contributed by atoms with Crippen molar-refractivity contribution in [3.63, 3.8) is 0 Å². The molecule has 18 heavy (non-hydrogen) atoms. The zero-order valence-corrected chi connectivity index (χ0v) is 13.1. The molecule has 0 aliphatic rings. The predicted octanol–water partition coefficient (Wildman–Crippen LogP) is 4.52. The van der Waals surface area contributed by atoms with E-state index in [4.69, 9.17) is 5.11 Å². The van der Waals surface area contributed by atoms with Crippen molar-refractivity contribution in [1.82, 2.24) is 5.32 Å². The van der Waals surface area contributed by atoms with Crippen LogP contribution in [0.3, 0.4) is 0 Å². The SMILES string of the molecule is CCCCCCCCCCCCNCC.CCO. The Hall–Kier alpha value is -0.0800. The van der Waals surface area contributed by atoms with Crippen molar-refractivity contribution in [2.75, 3.05) is 19.7 Å². The van der Waals surface area contributed by atoms with E-state index in [1.807, 2.05) is 0 Å². The fourth-order valence-corrected chi connectivity index (χ4v) is 1.91. The fraction of sp³-hybridized carbons (Fsp3) is 1.00. The van der Waals surface area contributed by atoms with E-state index in [0.717, 1.165) is 6.54 Å². The van der Waals surface area contributed by atoms with Gasteiger partial charge in [0.25, 0.3) is 0 Å². The van der Waals surface area contributed by atoms with Crippen LogP contribution in [0.15, 0.2) is 0 Å². The number of hydrogen-bond acceptors (Lipinski definition) is 2. The summed E-state index contributed by atoms with van der Waals surface area (Å²) >= 11 is 0. The van der Waals surface area contributed by atoms with Gasteiger partial charge >= 0.3 is 0 Å². The molecule has 0 aromatic rings. The Labute approximate surface area is 116 Å². The smallest absolute Gasteiger partial charge is 0.0402 e. The molecule has 0 bridgehead atoms. The molecule has 2 N–H and O–H groups in total. The maximum Gasteiger partial charge on any atom is 0.0402 e. The zero-order valence-electron chi connectivity index (χ0n) is 13.1. The monoisotopic (exact) mass is 259 g/mol. The summed E-state index contributed by atoms with van der Waals surface area (Å²) in [7, 11) is 0. The summed E-state index contributed by atoms with van der Waals surface area (Å²) in [5, 5.41) is 10.9. The van der Waals surface area contributed by atoms with Gasteiger partial charge in [-0.3, -0.25) is 0 Å². The number of unbranched alkanes of at least 4 members (excludes halogenated alkanes) is 9. The minimum absolute atomic E-state index is 0.250. The van der Waals surface area contributed by atoms with Crippen LogP contribution in [-0.2, 0) is 0 Å². The van der Waals surface area contributed by atoms with E-state index < -0.39 is 0 Å². The zero-order chi connectivity index (χ0) is 13.9. The van der Waals surface area contributed by atoms with Crippen molar-refractivity contribution in [2.45, 2.75) is 85.0 Å². The molecule has 0 aliphatic heterocycles. The standard InChI is InChI=1S/C14H31N.C2H6O/c1-3-5-6-7-8-9-10-11-12-13-14-15-4-2;1-2-3/h15H,3-14H2,1-2H3;3H,2H2,1H3. The Morgan fingerprint density at radius 3 is 1.44 bits per heavy atom. The Balaban J connectivity index is 0. The van der Waals surface area contributed by atoms with Crippen molar-refractivity contribution < 1.29 is 5.11 Å². The van der Waals surface area contributed by atoms with Crippen LogP contribution in [0, 0.1) is 0 Å². The van der Waals surface area contributed by atoms with Gasteiger partial charge in [-0.15, -0.1) is 0 Å². The van der Waals surface area contributed by atoms with E-state index in [2.05, 4.69) is 19.2 Å². The number of aliphatic hydroxyl groups is 1. The Morgan fingerprint density at radius 2 is 1.06 bits per heavy atom. The molecule has 0 aliphatic carbocycles. The van der Waals surface area contributed by atoms with Crippen molar-refractivity contribution >= 4 is 0 Å². The van der Waals surface area contributed by atoms with Crippen LogP contribution in [-0.4, -0.2) is 24.8 Å². The second-order valence-electron chi connectivity index (χ2n) is 4.85. The van der Waals surface area contributed by atoms with Crippen molar-refractivity contribution in [1.29, 1.82) is 0 Å². The number of aliphatic hydroxyl groups excluding tert-OH is 1. The van der Waals surface area contributed by atoms with E-state index in [-0.39, 0.29) is 6.61 Å². The Morgan fingerprint density at radius 1 is 0.667 bits per heavy atom. The molecule has 2 heteroatoms. The molecule has 0 aromatic heterocycles. The highest BCUT2D eigenvalue weighted by molar-refractivity contribution is 4.49. The maximum atomic E-state index is 7.57.